The number of alkyl carbamates (subject to hydrolysis) is 1. The summed E-state index contributed by atoms with van der Waals surface area (Å²) in [5.41, 5.74) is 4.75. The number of carbonyl (C=O) groups excluding carboxylic acids is 3. The molecule has 4 atom stereocenters. The summed E-state index contributed by atoms with van der Waals surface area (Å²) in [4.78, 5) is 61.0. The molecule has 5 aromatic rings. The number of rotatable bonds is 12. The van der Waals surface area contributed by atoms with Gasteiger partial charge in [0.25, 0.3) is 5.91 Å². The molecule has 2 aliphatic rings. The number of imidazole rings is 2. The van der Waals surface area contributed by atoms with Gasteiger partial charge in [-0.05, 0) is 80.1 Å². The molecule has 0 aliphatic carbocycles. The van der Waals surface area contributed by atoms with E-state index >= 15 is 4.39 Å². The Morgan fingerprint density at radius 1 is 0.857 bits per heavy atom. The lowest BCUT2D eigenvalue weighted by Crippen LogP contribution is -2.46. The van der Waals surface area contributed by atoms with Crippen LogP contribution < -0.4 is 5.32 Å². The Kier molecular flexibility index (Phi) is 10.8. The quantitative estimate of drug-likeness (QED) is 0.120. The Balaban J connectivity index is 1.02. The van der Waals surface area contributed by atoms with Gasteiger partial charge in [0.1, 0.15) is 23.5 Å². The minimum Gasteiger partial charge on any atom is -0.453 e. The van der Waals surface area contributed by atoms with Crippen molar-refractivity contribution in [3.05, 3.63) is 108 Å². The largest absolute Gasteiger partial charge is 0.453 e. The Bertz CT molecular complexity index is 2190. The summed E-state index contributed by atoms with van der Waals surface area (Å²) >= 11 is 0. The Hall–Kier alpha value is -5.82. The van der Waals surface area contributed by atoms with E-state index in [9.17, 15) is 14.4 Å². The Morgan fingerprint density at radius 2 is 1.45 bits per heavy atom. The van der Waals surface area contributed by atoms with Crippen LogP contribution in [0.1, 0.15) is 84.5 Å². The number of hydrogen-bond acceptors (Lipinski definition) is 7. The van der Waals surface area contributed by atoms with Crippen LogP contribution in [0.25, 0.3) is 33.6 Å². The van der Waals surface area contributed by atoms with Gasteiger partial charge in [-0.3, -0.25) is 14.5 Å². The van der Waals surface area contributed by atoms with Gasteiger partial charge < -0.3 is 29.8 Å². The highest BCUT2D eigenvalue weighted by Gasteiger charge is 2.38. The zero-order chi connectivity index (χ0) is 40.8. The zero-order valence-corrected chi connectivity index (χ0v) is 31.7. The fourth-order valence-electron chi connectivity index (χ4n) is 7.85. The SMILES string of the molecule is [2H]CCN(CC[2H])[C@@H](C)C(=O)N1CCC[C@H]1c1ncc(-c2ccc(-c3ccc(-c4cnc([C@@H]5CCCN5C(=O)[C@H](NC(=O)OC)c5ccccc5)[nH]4)cc3)cc2F)[nH]1. The van der Waals surface area contributed by atoms with Gasteiger partial charge in [-0.25, -0.2) is 19.2 Å². The van der Waals surface area contributed by atoms with Gasteiger partial charge in [0.2, 0.25) is 5.91 Å². The number of halogens is 1. The van der Waals surface area contributed by atoms with Crippen LogP contribution in [0.5, 0.6) is 0 Å². The lowest BCUT2D eigenvalue weighted by Gasteiger charge is -2.31. The van der Waals surface area contributed by atoms with Crippen LogP contribution >= 0.6 is 0 Å². The van der Waals surface area contributed by atoms with Crippen LogP contribution in [0.4, 0.5) is 9.18 Å². The van der Waals surface area contributed by atoms with Crippen LogP contribution in [-0.4, -0.2) is 91.9 Å². The van der Waals surface area contributed by atoms with Crippen molar-refractivity contribution in [1.29, 1.82) is 0 Å². The summed E-state index contributed by atoms with van der Waals surface area (Å²) in [6.45, 7) is 4.14. The predicted molar refractivity (Wildman–Crippen MR) is 211 cm³/mol. The summed E-state index contributed by atoms with van der Waals surface area (Å²) in [5, 5.41) is 2.69. The number of methoxy groups -OCH3 is 1. The fraction of sp³-hybridized carbons (Fsp3) is 0.372. The maximum absolute atomic E-state index is 15.7. The molecule has 2 aliphatic heterocycles. The zero-order valence-electron chi connectivity index (χ0n) is 33.7. The molecule has 0 radical (unpaired) electrons. The Labute approximate surface area is 329 Å². The van der Waals surface area contributed by atoms with Gasteiger partial charge in [0, 0.05) is 21.4 Å². The molecule has 0 unspecified atom stereocenters. The van der Waals surface area contributed by atoms with E-state index in [0.29, 0.717) is 60.2 Å². The standard InChI is InChI=1S/C43H49FN8O4/c1-5-50(6-2)27(3)41(53)51-22-10-14-36(51)40-46-26-35(48-40)32-21-20-31(24-33(32)44)28-16-18-29(19-17-28)34-25-45-39(47-34)37-15-11-23-52(37)42(54)38(49-43(55)56-4)30-12-8-7-9-13-30/h7-9,12-13,16-21,24-27,36-38H,5-6,10-11,14-15,22-23H2,1-4H3,(H,45,47)(H,46,48)(H,49,55)/t27-,36-,37-,38+/m0/s1/i1D,2D. The van der Waals surface area contributed by atoms with E-state index in [1.54, 1.807) is 35.5 Å². The van der Waals surface area contributed by atoms with Gasteiger partial charge in [0.15, 0.2) is 0 Å². The molecule has 2 fully saturated rings. The number of hydrogen-bond donors (Lipinski definition) is 3. The molecule has 3 aromatic carbocycles. The lowest BCUT2D eigenvalue weighted by molar-refractivity contribution is -0.137. The third kappa shape index (κ3) is 7.81. The van der Waals surface area contributed by atoms with Crippen molar-refractivity contribution >= 4 is 17.9 Å². The first-order valence-corrected chi connectivity index (χ1v) is 19.0. The number of nitrogens with one attached hydrogen (secondary N) is 3. The summed E-state index contributed by atoms with van der Waals surface area (Å²) < 4.78 is 35.8. The molecule has 292 valence electrons. The number of aromatic nitrogens is 4. The molecule has 12 nitrogen and oxygen atoms in total. The van der Waals surface area contributed by atoms with Crippen molar-refractivity contribution in [3.8, 4) is 33.6 Å². The predicted octanol–water partition coefficient (Wildman–Crippen LogP) is 7.43. The lowest BCUT2D eigenvalue weighted by atomic mass is 10.0. The van der Waals surface area contributed by atoms with Gasteiger partial charge in [-0.15, -0.1) is 0 Å². The van der Waals surface area contributed by atoms with Gasteiger partial charge in [-0.2, -0.15) is 0 Å². The molecular formula is C43H49FN8O4. The number of likely N-dealkylation sites (N-methyl/N-ethyl adjacent to an activating group) is 1. The minimum atomic E-state index is -0.904. The van der Waals surface area contributed by atoms with E-state index in [4.69, 9.17) is 7.48 Å². The van der Waals surface area contributed by atoms with Crippen LogP contribution in [0.2, 0.25) is 0 Å². The van der Waals surface area contributed by atoms with Crippen molar-refractivity contribution in [2.45, 2.75) is 70.6 Å². The highest BCUT2D eigenvalue weighted by Crippen LogP contribution is 2.36. The maximum Gasteiger partial charge on any atom is 0.407 e. The molecule has 3 amide bonds. The molecular weight excluding hydrogens is 712 g/mol. The monoisotopic (exact) mass is 762 g/mol. The molecule has 13 heteroatoms. The summed E-state index contributed by atoms with van der Waals surface area (Å²) in [7, 11) is 1.27. The average molecular weight is 763 g/mol. The number of nitrogens with zero attached hydrogens (tertiary/aromatic N) is 5. The number of carbonyl (C=O) groups is 3. The summed E-state index contributed by atoms with van der Waals surface area (Å²) in [5.74, 6) is 0.574. The van der Waals surface area contributed by atoms with Crippen molar-refractivity contribution in [3.63, 3.8) is 0 Å². The minimum absolute atomic E-state index is 0.0483. The number of amides is 3. The fourth-order valence-corrected chi connectivity index (χ4v) is 7.85. The molecule has 56 heavy (non-hydrogen) atoms. The first-order chi connectivity index (χ1) is 28.2. The number of benzene rings is 3. The molecule has 0 saturated carbocycles. The van der Waals surface area contributed by atoms with Gasteiger partial charge in [0.05, 0.1) is 49.0 Å². The molecule has 2 aromatic heterocycles. The number of ether oxygens (including phenoxy) is 1. The second kappa shape index (κ2) is 16.9. The van der Waals surface area contributed by atoms with Crippen LogP contribution in [0, 0.1) is 5.82 Å². The van der Waals surface area contributed by atoms with Crippen molar-refractivity contribution in [2.24, 2.45) is 0 Å². The molecule has 2 saturated heterocycles. The topological polar surface area (TPSA) is 140 Å². The highest BCUT2D eigenvalue weighted by molar-refractivity contribution is 5.87. The number of aromatic amines is 2. The summed E-state index contributed by atoms with van der Waals surface area (Å²) in [6.07, 6.45) is 5.74. The van der Waals surface area contributed by atoms with E-state index in [0.717, 1.165) is 42.5 Å². The molecule has 0 bridgehead atoms. The smallest absolute Gasteiger partial charge is 0.407 e. The van der Waals surface area contributed by atoms with E-state index in [2.05, 4.69) is 25.3 Å². The third-order valence-electron chi connectivity index (χ3n) is 11.0. The van der Waals surface area contributed by atoms with Gasteiger partial charge in [-0.1, -0.05) is 74.5 Å². The van der Waals surface area contributed by atoms with Crippen LogP contribution in [-0.2, 0) is 14.3 Å². The Morgan fingerprint density at radius 3 is 2.07 bits per heavy atom. The molecule has 0 spiro atoms. The third-order valence-corrected chi connectivity index (χ3v) is 11.0. The van der Waals surface area contributed by atoms with E-state index in [1.807, 2.05) is 65.3 Å². The average Bonchev–Trinajstić information content (AvgIpc) is 4.09. The van der Waals surface area contributed by atoms with E-state index in [-0.39, 0.29) is 37.7 Å². The summed E-state index contributed by atoms with van der Waals surface area (Å²) in [6, 6.07) is 20.0. The first kappa shape index (κ1) is 35.9. The van der Waals surface area contributed by atoms with E-state index in [1.165, 1.54) is 13.2 Å². The van der Waals surface area contributed by atoms with Crippen molar-refractivity contribution < 1.29 is 26.3 Å². The van der Waals surface area contributed by atoms with Gasteiger partial charge >= 0.3 is 6.09 Å². The van der Waals surface area contributed by atoms with Crippen LogP contribution in [0.3, 0.4) is 0 Å². The van der Waals surface area contributed by atoms with Crippen molar-refractivity contribution in [1.82, 2.24) is 40.0 Å². The second-order valence-electron chi connectivity index (χ2n) is 14.2. The number of H-pyrrole nitrogens is 2. The molecule has 7 rings (SSSR count). The van der Waals surface area contributed by atoms with E-state index < -0.39 is 24.0 Å². The molecule has 3 N–H and O–H groups in total. The first-order valence-electron chi connectivity index (χ1n) is 20.5. The maximum atomic E-state index is 15.7. The highest BCUT2D eigenvalue weighted by atomic mass is 19.1. The van der Waals surface area contributed by atoms with Crippen molar-refractivity contribution in [2.75, 3.05) is 33.3 Å². The molecule has 4 heterocycles. The van der Waals surface area contributed by atoms with Crippen LogP contribution in [0.15, 0.2) is 85.2 Å². The second-order valence-corrected chi connectivity index (χ2v) is 14.2. The normalized spacial score (nSPS) is 18.4. The number of likely N-dealkylation sites (tertiary alicyclic amines) is 2.